The van der Waals surface area contributed by atoms with Crippen molar-refractivity contribution >= 4 is 17.5 Å². The van der Waals surface area contributed by atoms with Crippen molar-refractivity contribution in [3.63, 3.8) is 0 Å². The molecule has 0 saturated carbocycles. The maximum Gasteiger partial charge on any atom is 0.318 e. The van der Waals surface area contributed by atoms with E-state index in [1.807, 2.05) is 12.1 Å². The number of ketones is 1. The summed E-state index contributed by atoms with van der Waals surface area (Å²) < 4.78 is 12.7. The Morgan fingerprint density at radius 1 is 1.22 bits per heavy atom. The topological polar surface area (TPSA) is 96.5 Å². The quantitative estimate of drug-likeness (QED) is 0.227. The minimum absolute atomic E-state index is 0.192. The molecule has 0 aliphatic heterocycles. The molecule has 0 atom stereocenters. The van der Waals surface area contributed by atoms with Gasteiger partial charge in [-0.2, -0.15) is 5.10 Å². The summed E-state index contributed by atoms with van der Waals surface area (Å²) in [4.78, 5) is 23.0. The summed E-state index contributed by atoms with van der Waals surface area (Å²) in [6.07, 6.45) is 7.47. The van der Waals surface area contributed by atoms with Crippen LogP contribution in [0.3, 0.4) is 0 Å². The van der Waals surface area contributed by atoms with Gasteiger partial charge in [0.1, 0.15) is 24.3 Å². The lowest BCUT2D eigenvalue weighted by atomic mass is 10.1. The Bertz CT molecular complexity index is 1210. The van der Waals surface area contributed by atoms with E-state index in [1.165, 1.54) is 41.6 Å². The fourth-order valence-electron chi connectivity index (χ4n) is 3.85. The lowest BCUT2D eigenvalue weighted by molar-refractivity contribution is -0.385. The Balaban J connectivity index is 1.50. The normalized spacial score (nSPS) is 12.7. The molecular weight excluding hydrogens is 410 g/mol. The van der Waals surface area contributed by atoms with Crippen LogP contribution in [0.15, 0.2) is 48.7 Å². The maximum absolute atomic E-state index is 12.5. The lowest BCUT2D eigenvalue weighted by Gasteiger charge is -2.12. The maximum atomic E-state index is 12.5. The number of hydrogen-bond acceptors (Lipinski definition) is 6. The number of fused-ring (bicyclic) bond motifs is 1. The first-order valence-electron chi connectivity index (χ1n) is 10.3. The second kappa shape index (κ2) is 9.05. The first-order chi connectivity index (χ1) is 15.4. The van der Waals surface area contributed by atoms with Crippen LogP contribution >= 0.6 is 0 Å². The average molecular weight is 433 g/mol. The van der Waals surface area contributed by atoms with Crippen molar-refractivity contribution in [3.05, 3.63) is 86.7 Å². The van der Waals surface area contributed by atoms with E-state index < -0.39 is 10.7 Å². The molecule has 1 aliphatic rings. The highest BCUT2D eigenvalue weighted by molar-refractivity contribution is 6.08. The average Bonchev–Trinajstić information content (AvgIpc) is 3.42. The predicted molar refractivity (Wildman–Crippen MR) is 119 cm³/mol. The van der Waals surface area contributed by atoms with Crippen LogP contribution in [0.1, 0.15) is 39.2 Å². The number of ether oxygens (including phenoxy) is 2. The number of nitrogens with zero attached hydrogens (tertiary/aromatic N) is 3. The number of allylic oxidation sites excluding steroid dienone is 1. The van der Waals surface area contributed by atoms with Crippen LogP contribution in [0.5, 0.6) is 11.5 Å². The van der Waals surface area contributed by atoms with Gasteiger partial charge in [-0.15, -0.1) is 0 Å². The predicted octanol–water partition coefficient (Wildman–Crippen LogP) is 4.30. The summed E-state index contributed by atoms with van der Waals surface area (Å²) in [5.74, 6) is 0.949. The number of aromatic nitrogens is 2. The number of carbonyl (C=O) groups excluding carboxylic acids is 1. The van der Waals surface area contributed by atoms with E-state index in [4.69, 9.17) is 9.47 Å². The molecule has 4 rings (SSSR count). The Hall–Kier alpha value is -3.94. The summed E-state index contributed by atoms with van der Waals surface area (Å²) in [7, 11) is 3.12. The van der Waals surface area contributed by atoms with E-state index in [0.29, 0.717) is 12.4 Å². The van der Waals surface area contributed by atoms with Crippen molar-refractivity contribution in [3.8, 4) is 11.5 Å². The first kappa shape index (κ1) is 21.3. The van der Waals surface area contributed by atoms with E-state index in [1.54, 1.807) is 25.3 Å². The highest BCUT2D eigenvalue weighted by atomic mass is 16.6. The molecule has 0 bridgehead atoms. The van der Waals surface area contributed by atoms with E-state index in [2.05, 4.69) is 17.2 Å². The van der Waals surface area contributed by atoms with Crippen LogP contribution in [0, 0.1) is 10.1 Å². The number of rotatable bonds is 8. The zero-order valence-corrected chi connectivity index (χ0v) is 17.9. The molecule has 32 heavy (non-hydrogen) atoms. The molecule has 1 aliphatic carbocycles. The molecule has 0 N–H and O–H groups in total. The number of aryl methyl sites for hydroxylation is 3. The Labute approximate surface area is 185 Å². The summed E-state index contributed by atoms with van der Waals surface area (Å²) >= 11 is 0. The zero-order valence-electron chi connectivity index (χ0n) is 17.9. The smallest absolute Gasteiger partial charge is 0.318 e. The molecule has 0 radical (unpaired) electrons. The van der Waals surface area contributed by atoms with Gasteiger partial charge in [0.05, 0.1) is 12.0 Å². The van der Waals surface area contributed by atoms with Crippen LogP contribution in [-0.2, 0) is 26.5 Å². The first-order valence-corrected chi connectivity index (χ1v) is 10.3. The van der Waals surface area contributed by atoms with Crippen molar-refractivity contribution in [2.75, 3.05) is 7.11 Å². The number of benzene rings is 2. The third kappa shape index (κ3) is 4.54. The van der Waals surface area contributed by atoms with E-state index in [0.717, 1.165) is 29.7 Å². The summed E-state index contributed by atoms with van der Waals surface area (Å²) in [6, 6.07) is 11.7. The second-order valence-electron chi connectivity index (χ2n) is 7.64. The van der Waals surface area contributed by atoms with Crippen molar-refractivity contribution in [1.29, 1.82) is 0 Å². The fraction of sp³-hybridized carbons (Fsp3) is 0.250. The van der Waals surface area contributed by atoms with Gasteiger partial charge >= 0.3 is 5.69 Å². The highest BCUT2D eigenvalue weighted by Gasteiger charge is 2.23. The molecule has 0 unspecified atom stereocenters. The van der Waals surface area contributed by atoms with Gasteiger partial charge in [0, 0.05) is 12.6 Å². The minimum atomic E-state index is -0.615. The monoisotopic (exact) mass is 433 g/mol. The standard InChI is InChI=1S/C24H23N3O5/c1-26-14-21(27(29)30)24(25-26)22(28)10-6-16-7-11-23(31-2)19(12-16)15-32-20-9-8-17-4-3-5-18(17)13-20/h6-14H,3-5,15H2,1-2H3/b10-6+. The largest absolute Gasteiger partial charge is 0.496 e. The van der Waals surface area contributed by atoms with Crippen molar-refractivity contribution < 1.29 is 19.2 Å². The van der Waals surface area contributed by atoms with Crippen LogP contribution < -0.4 is 9.47 Å². The van der Waals surface area contributed by atoms with Gasteiger partial charge in [0.15, 0.2) is 0 Å². The van der Waals surface area contributed by atoms with Gasteiger partial charge in [0.25, 0.3) is 0 Å². The van der Waals surface area contributed by atoms with Crippen molar-refractivity contribution in [2.24, 2.45) is 7.05 Å². The van der Waals surface area contributed by atoms with Crippen LogP contribution in [-0.4, -0.2) is 27.6 Å². The number of hydrogen-bond donors (Lipinski definition) is 0. The third-order valence-electron chi connectivity index (χ3n) is 5.44. The fourth-order valence-corrected chi connectivity index (χ4v) is 3.85. The van der Waals surface area contributed by atoms with Crippen LogP contribution in [0.4, 0.5) is 5.69 Å². The molecule has 1 heterocycles. The van der Waals surface area contributed by atoms with Gasteiger partial charge in [-0.05, 0) is 66.3 Å². The van der Waals surface area contributed by atoms with Gasteiger partial charge in [-0.1, -0.05) is 18.2 Å². The molecule has 0 amide bonds. The van der Waals surface area contributed by atoms with E-state index in [-0.39, 0.29) is 11.4 Å². The van der Waals surface area contributed by atoms with Gasteiger partial charge in [0.2, 0.25) is 11.5 Å². The highest BCUT2D eigenvalue weighted by Crippen LogP contribution is 2.28. The third-order valence-corrected chi connectivity index (χ3v) is 5.44. The Morgan fingerprint density at radius 2 is 2.03 bits per heavy atom. The van der Waals surface area contributed by atoms with E-state index >= 15 is 0 Å². The molecule has 0 spiro atoms. The Kier molecular flexibility index (Phi) is 6.02. The molecule has 164 valence electrons. The molecule has 3 aromatic rings. The van der Waals surface area contributed by atoms with Gasteiger partial charge < -0.3 is 9.47 Å². The summed E-state index contributed by atoms with van der Waals surface area (Å²) in [5.41, 5.74) is 3.78. The molecule has 8 heteroatoms. The van der Waals surface area contributed by atoms with E-state index in [9.17, 15) is 14.9 Å². The van der Waals surface area contributed by atoms with Crippen LogP contribution in [0.25, 0.3) is 6.08 Å². The van der Waals surface area contributed by atoms with Crippen molar-refractivity contribution in [2.45, 2.75) is 25.9 Å². The van der Waals surface area contributed by atoms with Gasteiger partial charge in [-0.3, -0.25) is 19.6 Å². The summed E-state index contributed by atoms with van der Waals surface area (Å²) in [6.45, 7) is 0.309. The summed E-state index contributed by atoms with van der Waals surface area (Å²) in [5, 5.41) is 15.0. The minimum Gasteiger partial charge on any atom is -0.496 e. The number of methoxy groups -OCH3 is 1. The number of nitro groups is 1. The zero-order chi connectivity index (χ0) is 22.7. The molecular formula is C24H23N3O5. The molecule has 8 nitrogen and oxygen atoms in total. The lowest BCUT2D eigenvalue weighted by Crippen LogP contribution is -2.01. The molecule has 1 aromatic heterocycles. The molecule has 0 saturated heterocycles. The molecule has 0 fully saturated rings. The van der Waals surface area contributed by atoms with Crippen molar-refractivity contribution in [1.82, 2.24) is 9.78 Å². The Morgan fingerprint density at radius 3 is 2.81 bits per heavy atom. The SMILES string of the molecule is COc1ccc(/C=C/C(=O)c2nn(C)cc2[N+](=O)[O-])cc1COc1ccc2c(c1)CCC2. The molecule has 2 aromatic carbocycles. The second-order valence-corrected chi connectivity index (χ2v) is 7.64. The van der Waals surface area contributed by atoms with Crippen LogP contribution in [0.2, 0.25) is 0 Å². The number of carbonyl (C=O) groups is 1. The van der Waals surface area contributed by atoms with Gasteiger partial charge in [-0.25, -0.2) is 0 Å².